The summed E-state index contributed by atoms with van der Waals surface area (Å²) in [7, 11) is 2.11. The second-order valence-corrected chi connectivity index (χ2v) is 7.13. The van der Waals surface area contributed by atoms with Gasteiger partial charge in [-0.3, -0.25) is 4.79 Å². The van der Waals surface area contributed by atoms with Crippen molar-refractivity contribution in [1.82, 2.24) is 9.80 Å². The molecule has 2 N–H and O–H groups in total. The number of rotatable bonds is 4. The fourth-order valence-corrected chi connectivity index (χ4v) is 3.16. The lowest BCUT2D eigenvalue weighted by Gasteiger charge is -2.34. The average Bonchev–Trinajstić information content (AvgIpc) is 3.24. The maximum absolute atomic E-state index is 12.7. The van der Waals surface area contributed by atoms with Gasteiger partial charge in [-0.2, -0.15) is 0 Å². The summed E-state index contributed by atoms with van der Waals surface area (Å²) in [5.74, 6) is 0.176. The molecular weight excluding hydrogens is 274 g/mol. The molecule has 1 aromatic carbocycles. The Morgan fingerprint density at radius 3 is 2.59 bits per heavy atom. The minimum absolute atomic E-state index is 0.0172. The summed E-state index contributed by atoms with van der Waals surface area (Å²) in [5, 5.41) is 0. The van der Waals surface area contributed by atoms with Gasteiger partial charge in [-0.1, -0.05) is 24.3 Å². The van der Waals surface area contributed by atoms with Crippen molar-refractivity contribution >= 4 is 5.91 Å². The van der Waals surface area contributed by atoms with Gasteiger partial charge >= 0.3 is 0 Å². The number of hydrogen-bond donors (Lipinski definition) is 1. The third-order valence-electron chi connectivity index (χ3n) is 5.08. The highest BCUT2D eigenvalue weighted by Gasteiger charge is 2.38. The zero-order valence-electron chi connectivity index (χ0n) is 13.7. The van der Waals surface area contributed by atoms with Crippen LogP contribution in [0.4, 0.5) is 0 Å². The smallest absolute Gasteiger partial charge is 0.229 e. The third kappa shape index (κ3) is 3.50. The molecular formula is C18H27N3O. The van der Waals surface area contributed by atoms with Gasteiger partial charge < -0.3 is 15.5 Å². The standard InChI is InChI=1S/C18H27N3O/c1-14(17(22)21-10-8-20(2)9-11-21)16-5-3-4-15(12-16)13-18(19)6-7-18/h3-5,12,14H,6-11,13,19H2,1-2H3. The maximum Gasteiger partial charge on any atom is 0.229 e. The monoisotopic (exact) mass is 301 g/mol. The van der Waals surface area contributed by atoms with Gasteiger partial charge in [0.15, 0.2) is 0 Å². The van der Waals surface area contributed by atoms with Crippen LogP contribution in [-0.2, 0) is 11.2 Å². The van der Waals surface area contributed by atoms with Crippen LogP contribution in [0.1, 0.15) is 36.8 Å². The van der Waals surface area contributed by atoms with Gasteiger partial charge in [-0.05, 0) is 44.4 Å². The number of piperazine rings is 1. The van der Waals surface area contributed by atoms with E-state index in [9.17, 15) is 4.79 Å². The van der Waals surface area contributed by atoms with E-state index in [1.54, 1.807) is 0 Å². The van der Waals surface area contributed by atoms with Crippen LogP contribution in [0.2, 0.25) is 0 Å². The van der Waals surface area contributed by atoms with E-state index in [2.05, 4.69) is 36.2 Å². The predicted octanol–water partition coefficient (Wildman–Crippen LogP) is 1.60. The minimum atomic E-state index is -0.0729. The van der Waals surface area contributed by atoms with Crippen molar-refractivity contribution in [3.63, 3.8) is 0 Å². The number of carbonyl (C=O) groups is 1. The Hall–Kier alpha value is -1.39. The molecule has 4 heteroatoms. The lowest BCUT2D eigenvalue weighted by atomic mass is 9.95. The first kappa shape index (κ1) is 15.5. The number of hydrogen-bond acceptors (Lipinski definition) is 3. The first-order valence-electron chi connectivity index (χ1n) is 8.32. The zero-order chi connectivity index (χ0) is 15.7. The SMILES string of the molecule is CC(C(=O)N1CCN(C)CC1)c1cccc(CC2(N)CC2)c1. The molecule has 1 atom stereocenters. The average molecular weight is 301 g/mol. The van der Waals surface area contributed by atoms with Crippen molar-refractivity contribution in [3.05, 3.63) is 35.4 Å². The minimum Gasteiger partial charge on any atom is -0.340 e. The molecule has 1 saturated carbocycles. The van der Waals surface area contributed by atoms with Gasteiger partial charge in [-0.15, -0.1) is 0 Å². The van der Waals surface area contributed by atoms with Crippen LogP contribution in [0, 0.1) is 0 Å². The molecule has 4 nitrogen and oxygen atoms in total. The van der Waals surface area contributed by atoms with Gasteiger partial charge in [0.1, 0.15) is 0 Å². The molecule has 1 aliphatic carbocycles. The predicted molar refractivity (Wildman–Crippen MR) is 88.8 cm³/mol. The largest absolute Gasteiger partial charge is 0.340 e. The van der Waals surface area contributed by atoms with Crippen molar-refractivity contribution in [3.8, 4) is 0 Å². The van der Waals surface area contributed by atoms with E-state index in [-0.39, 0.29) is 17.4 Å². The van der Waals surface area contributed by atoms with E-state index < -0.39 is 0 Å². The fraction of sp³-hybridized carbons (Fsp3) is 0.611. The van der Waals surface area contributed by atoms with E-state index in [0.29, 0.717) is 0 Å². The maximum atomic E-state index is 12.7. The Labute approximate surface area is 133 Å². The van der Waals surface area contributed by atoms with Crippen LogP contribution in [0.3, 0.4) is 0 Å². The summed E-state index contributed by atoms with van der Waals surface area (Å²) < 4.78 is 0. The van der Waals surface area contributed by atoms with Gasteiger partial charge in [0, 0.05) is 31.7 Å². The van der Waals surface area contributed by atoms with Crippen molar-refractivity contribution in [2.45, 2.75) is 37.6 Å². The van der Waals surface area contributed by atoms with Crippen LogP contribution in [0.5, 0.6) is 0 Å². The van der Waals surface area contributed by atoms with Crippen molar-refractivity contribution in [2.75, 3.05) is 33.2 Å². The highest BCUT2D eigenvalue weighted by atomic mass is 16.2. The molecule has 1 unspecified atom stereocenters. The molecule has 1 aromatic rings. The number of nitrogens with two attached hydrogens (primary N) is 1. The van der Waals surface area contributed by atoms with Crippen molar-refractivity contribution in [1.29, 1.82) is 0 Å². The van der Waals surface area contributed by atoms with Gasteiger partial charge in [0.2, 0.25) is 5.91 Å². The summed E-state index contributed by atoms with van der Waals surface area (Å²) in [6.07, 6.45) is 3.16. The Kier molecular flexibility index (Phi) is 4.24. The summed E-state index contributed by atoms with van der Waals surface area (Å²) >= 11 is 0. The molecule has 2 aliphatic rings. The first-order chi connectivity index (χ1) is 10.5. The lowest BCUT2D eigenvalue weighted by Crippen LogP contribution is -2.48. The van der Waals surface area contributed by atoms with E-state index in [1.165, 1.54) is 5.56 Å². The topological polar surface area (TPSA) is 49.6 Å². The Morgan fingerprint density at radius 1 is 1.27 bits per heavy atom. The molecule has 0 radical (unpaired) electrons. The second kappa shape index (κ2) is 6.01. The number of benzene rings is 1. The third-order valence-corrected chi connectivity index (χ3v) is 5.08. The zero-order valence-corrected chi connectivity index (χ0v) is 13.7. The summed E-state index contributed by atoms with van der Waals surface area (Å²) in [5.41, 5.74) is 8.61. The van der Waals surface area contributed by atoms with E-state index in [4.69, 9.17) is 5.73 Å². The molecule has 1 heterocycles. The Bertz CT molecular complexity index is 545. The molecule has 0 aromatic heterocycles. The van der Waals surface area contributed by atoms with Crippen LogP contribution >= 0.6 is 0 Å². The highest BCUT2D eigenvalue weighted by molar-refractivity contribution is 5.83. The van der Waals surface area contributed by atoms with E-state index >= 15 is 0 Å². The molecule has 0 bridgehead atoms. The summed E-state index contributed by atoms with van der Waals surface area (Å²) in [4.78, 5) is 17.0. The van der Waals surface area contributed by atoms with Crippen molar-refractivity contribution < 1.29 is 4.79 Å². The molecule has 2 fully saturated rings. The molecule has 3 rings (SSSR count). The number of nitrogens with zero attached hydrogens (tertiary/aromatic N) is 2. The van der Waals surface area contributed by atoms with Gasteiger partial charge in [-0.25, -0.2) is 0 Å². The van der Waals surface area contributed by atoms with E-state index in [1.807, 2.05) is 11.8 Å². The van der Waals surface area contributed by atoms with E-state index in [0.717, 1.165) is 51.0 Å². The molecule has 1 amide bonds. The first-order valence-corrected chi connectivity index (χ1v) is 8.32. The normalized spacial score (nSPS) is 22.4. The Morgan fingerprint density at radius 2 is 1.95 bits per heavy atom. The molecule has 120 valence electrons. The fourth-order valence-electron chi connectivity index (χ4n) is 3.16. The summed E-state index contributed by atoms with van der Waals surface area (Å²) in [6.45, 7) is 5.63. The number of likely N-dealkylation sites (N-methyl/N-ethyl adjacent to an activating group) is 1. The molecule has 1 aliphatic heterocycles. The highest BCUT2D eigenvalue weighted by Crippen LogP contribution is 2.36. The number of amides is 1. The van der Waals surface area contributed by atoms with Gasteiger partial charge in [0.25, 0.3) is 0 Å². The van der Waals surface area contributed by atoms with Crippen LogP contribution in [0.25, 0.3) is 0 Å². The quantitative estimate of drug-likeness (QED) is 0.919. The lowest BCUT2D eigenvalue weighted by molar-refractivity contribution is -0.134. The van der Waals surface area contributed by atoms with Crippen LogP contribution in [0.15, 0.2) is 24.3 Å². The Balaban J connectivity index is 1.67. The van der Waals surface area contributed by atoms with Gasteiger partial charge in [0.05, 0.1) is 5.92 Å². The molecule has 22 heavy (non-hydrogen) atoms. The van der Waals surface area contributed by atoms with Crippen LogP contribution < -0.4 is 5.73 Å². The van der Waals surface area contributed by atoms with Crippen molar-refractivity contribution in [2.24, 2.45) is 5.73 Å². The number of carbonyl (C=O) groups excluding carboxylic acids is 1. The molecule has 1 saturated heterocycles. The molecule has 0 spiro atoms. The summed E-state index contributed by atoms with van der Waals surface area (Å²) in [6, 6.07) is 8.43. The second-order valence-electron chi connectivity index (χ2n) is 7.13. The van der Waals surface area contributed by atoms with Crippen LogP contribution in [-0.4, -0.2) is 54.5 Å².